The van der Waals surface area contributed by atoms with Crippen molar-refractivity contribution in [1.82, 2.24) is 0 Å². The van der Waals surface area contributed by atoms with E-state index in [1.54, 1.807) is 6.92 Å². The standard InChI is InChI=1S/C36H56O10/c1-7-8-9-10-11-12-13-14-15-16-17-18-25(39)44-29-22(3)34(42)24-19-21(2)28(40)35(24,43)31(41)33(20-37)30(46-33)26(34)27-32(5,6)36(27,29)45-23(4)38/h19,22,24,26-27,29-31,37,41-43H,7-18,20H2,1-6H3/t22-,24+,26-,27+,29?,30?,31?,33?,34?,35?,36?/m1/s1. The molecule has 10 heteroatoms. The number of epoxide rings is 1. The van der Waals surface area contributed by atoms with E-state index in [1.807, 2.05) is 13.8 Å². The molecule has 4 N–H and O–H groups in total. The van der Waals surface area contributed by atoms with Crippen molar-refractivity contribution in [3.05, 3.63) is 11.6 Å². The monoisotopic (exact) mass is 648 g/mol. The number of aliphatic hydroxyl groups is 4. The van der Waals surface area contributed by atoms with E-state index < -0.39 is 94.1 Å². The van der Waals surface area contributed by atoms with Gasteiger partial charge in [0, 0.05) is 42.4 Å². The van der Waals surface area contributed by atoms with E-state index in [0.29, 0.717) is 6.42 Å². The van der Waals surface area contributed by atoms with Gasteiger partial charge >= 0.3 is 11.9 Å². The molecule has 46 heavy (non-hydrogen) atoms. The molecule has 0 aromatic rings. The second kappa shape index (κ2) is 12.6. The van der Waals surface area contributed by atoms with Gasteiger partial charge in [-0.3, -0.25) is 14.4 Å². The first kappa shape index (κ1) is 35.5. The van der Waals surface area contributed by atoms with E-state index in [9.17, 15) is 34.8 Å². The van der Waals surface area contributed by atoms with Gasteiger partial charge in [0.15, 0.2) is 17.0 Å². The Kier molecular flexibility index (Phi) is 9.68. The molecule has 0 aromatic heterocycles. The first-order chi connectivity index (χ1) is 21.6. The number of ketones is 1. The Bertz CT molecular complexity index is 1230. The lowest BCUT2D eigenvalue weighted by Gasteiger charge is -2.53. The van der Waals surface area contributed by atoms with Gasteiger partial charge in [-0.1, -0.05) is 98.0 Å². The Morgan fingerprint density at radius 1 is 0.978 bits per heavy atom. The van der Waals surface area contributed by atoms with Crippen molar-refractivity contribution < 1.29 is 49.0 Å². The number of Topliss-reactive ketones (excluding diaryl/α,β-unsaturated/α-hetero) is 1. The second-order valence-corrected chi connectivity index (χ2v) is 15.5. The molecule has 1 saturated heterocycles. The summed E-state index contributed by atoms with van der Waals surface area (Å²) < 4.78 is 18.3. The lowest BCUT2D eigenvalue weighted by atomic mass is 9.58. The highest BCUT2D eigenvalue weighted by atomic mass is 16.6. The van der Waals surface area contributed by atoms with Gasteiger partial charge in [0.05, 0.1) is 18.3 Å². The number of fused-ring (bicyclic) bond motifs is 7. The summed E-state index contributed by atoms with van der Waals surface area (Å²) >= 11 is 0. The zero-order chi connectivity index (χ0) is 33.9. The summed E-state index contributed by atoms with van der Waals surface area (Å²) in [5.74, 6) is -5.49. The average Bonchev–Trinajstić information content (AvgIpc) is 3.83. The van der Waals surface area contributed by atoms with Crippen LogP contribution in [0.1, 0.15) is 119 Å². The Morgan fingerprint density at radius 2 is 1.54 bits per heavy atom. The Morgan fingerprint density at radius 3 is 2.09 bits per heavy atom. The maximum atomic E-state index is 13.5. The number of carbonyl (C=O) groups is 3. The first-order valence-electron chi connectivity index (χ1n) is 17.7. The SMILES string of the molecule is CCCCCCCCCCCCCC(=O)OC1[C@@H](C)C2(O)[C@@H]3C=C(C)C(=O)C3(O)C(O)C3(CO)OC3[C@H]2[C@H]2C(C)(C)C12OC(C)=O. The highest BCUT2D eigenvalue weighted by molar-refractivity contribution is 6.05. The smallest absolute Gasteiger partial charge is 0.306 e. The molecule has 0 aromatic carbocycles. The molecule has 5 rings (SSSR count). The molecule has 260 valence electrons. The van der Waals surface area contributed by atoms with Crippen LogP contribution in [0.15, 0.2) is 11.6 Å². The zero-order valence-corrected chi connectivity index (χ0v) is 28.5. The highest BCUT2D eigenvalue weighted by Crippen LogP contribution is 2.79. The van der Waals surface area contributed by atoms with Gasteiger partial charge in [-0.15, -0.1) is 0 Å². The Balaban J connectivity index is 1.35. The van der Waals surface area contributed by atoms with Crippen molar-refractivity contribution in [2.24, 2.45) is 29.1 Å². The summed E-state index contributed by atoms with van der Waals surface area (Å²) in [4.78, 5) is 39.5. The average molecular weight is 649 g/mol. The van der Waals surface area contributed by atoms with Crippen LogP contribution in [0.4, 0.5) is 0 Å². The van der Waals surface area contributed by atoms with Crippen molar-refractivity contribution in [2.45, 2.75) is 159 Å². The number of esters is 2. The Labute approximate surface area is 273 Å². The van der Waals surface area contributed by atoms with Crippen molar-refractivity contribution in [2.75, 3.05) is 6.61 Å². The minimum absolute atomic E-state index is 0.173. The van der Waals surface area contributed by atoms with Crippen molar-refractivity contribution in [1.29, 1.82) is 0 Å². The molecule has 7 unspecified atom stereocenters. The molecule has 0 bridgehead atoms. The van der Waals surface area contributed by atoms with Gasteiger partial charge in [0.1, 0.15) is 17.8 Å². The van der Waals surface area contributed by atoms with Gasteiger partial charge in [0.2, 0.25) is 0 Å². The van der Waals surface area contributed by atoms with E-state index in [-0.39, 0.29) is 12.0 Å². The second-order valence-electron chi connectivity index (χ2n) is 15.5. The number of unbranched alkanes of at least 4 members (excludes halogenated alkanes) is 10. The van der Waals surface area contributed by atoms with Crippen molar-refractivity contribution >= 4 is 17.7 Å². The van der Waals surface area contributed by atoms with Crippen LogP contribution in [0.2, 0.25) is 0 Å². The molecule has 5 aliphatic rings. The number of hydrogen-bond donors (Lipinski definition) is 4. The minimum Gasteiger partial charge on any atom is -0.458 e. The van der Waals surface area contributed by atoms with Gasteiger partial charge in [-0.05, 0) is 18.9 Å². The number of aliphatic hydroxyl groups excluding tert-OH is 2. The zero-order valence-electron chi connectivity index (χ0n) is 28.5. The predicted octanol–water partition coefficient (Wildman–Crippen LogP) is 3.93. The van der Waals surface area contributed by atoms with Crippen LogP contribution in [-0.4, -0.2) is 85.5 Å². The van der Waals surface area contributed by atoms with E-state index in [2.05, 4.69) is 6.92 Å². The molecule has 4 fully saturated rings. The molecule has 1 aliphatic heterocycles. The quantitative estimate of drug-likeness (QED) is 0.116. The normalized spacial score (nSPS) is 43.0. The number of hydrogen-bond acceptors (Lipinski definition) is 10. The highest BCUT2D eigenvalue weighted by Gasteiger charge is 2.93. The molecule has 3 saturated carbocycles. The van der Waals surface area contributed by atoms with Gasteiger partial charge < -0.3 is 34.6 Å². The summed E-state index contributed by atoms with van der Waals surface area (Å²) in [6, 6.07) is 0. The van der Waals surface area contributed by atoms with Crippen LogP contribution in [0.5, 0.6) is 0 Å². The summed E-state index contributed by atoms with van der Waals surface area (Å²) in [6.45, 7) is 9.76. The lowest BCUT2D eigenvalue weighted by Crippen LogP contribution is -2.69. The number of carbonyl (C=O) groups excluding carboxylic acids is 3. The van der Waals surface area contributed by atoms with Gasteiger partial charge in [0.25, 0.3) is 0 Å². The third-order valence-electron chi connectivity index (χ3n) is 12.6. The van der Waals surface area contributed by atoms with Crippen LogP contribution in [0.25, 0.3) is 0 Å². The van der Waals surface area contributed by atoms with E-state index in [0.717, 1.165) is 19.3 Å². The maximum Gasteiger partial charge on any atom is 0.306 e. The lowest BCUT2D eigenvalue weighted by molar-refractivity contribution is -0.244. The fraction of sp³-hybridized carbons (Fsp3) is 0.861. The molecule has 0 radical (unpaired) electrons. The summed E-state index contributed by atoms with van der Waals surface area (Å²) in [5.41, 5.74) is -8.03. The maximum absolute atomic E-state index is 13.5. The summed E-state index contributed by atoms with van der Waals surface area (Å²) in [5, 5.41) is 46.9. The molecule has 11 atom stereocenters. The summed E-state index contributed by atoms with van der Waals surface area (Å²) in [7, 11) is 0. The van der Waals surface area contributed by atoms with Crippen molar-refractivity contribution in [3.63, 3.8) is 0 Å². The van der Waals surface area contributed by atoms with Crippen molar-refractivity contribution in [3.8, 4) is 0 Å². The molecule has 0 spiro atoms. The third-order valence-corrected chi connectivity index (χ3v) is 12.6. The molecular weight excluding hydrogens is 592 g/mol. The third kappa shape index (κ3) is 5.03. The summed E-state index contributed by atoms with van der Waals surface area (Å²) in [6.07, 6.45) is 10.4. The van der Waals surface area contributed by atoms with Gasteiger partial charge in [-0.25, -0.2) is 0 Å². The molecule has 1 heterocycles. The van der Waals surface area contributed by atoms with E-state index in [1.165, 1.54) is 64.9 Å². The number of rotatable bonds is 15. The van der Waals surface area contributed by atoms with Crippen LogP contribution < -0.4 is 0 Å². The number of ether oxygens (including phenoxy) is 3. The molecule has 0 amide bonds. The van der Waals surface area contributed by atoms with Crippen LogP contribution >= 0.6 is 0 Å². The van der Waals surface area contributed by atoms with E-state index >= 15 is 0 Å². The molecule has 10 nitrogen and oxygen atoms in total. The minimum atomic E-state index is -2.47. The van der Waals surface area contributed by atoms with Gasteiger partial charge in [-0.2, -0.15) is 0 Å². The topological polar surface area (TPSA) is 163 Å². The Hall–Kier alpha value is -1.85. The van der Waals surface area contributed by atoms with Crippen LogP contribution in [0, 0.1) is 29.1 Å². The fourth-order valence-electron chi connectivity index (χ4n) is 10.0. The van der Waals surface area contributed by atoms with Crippen LogP contribution in [0.3, 0.4) is 0 Å². The van der Waals surface area contributed by atoms with E-state index in [4.69, 9.17) is 14.2 Å². The largest absolute Gasteiger partial charge is 0.458 e. The molecule has 4 aliphatic carbocycles. The van der Waals surface area contributed by atoms with Crippen LogP contribution in [-0.2, 0) is 28.6 Å². The molecular formula is C36H56O10. The fourth-order valence-corrected chi connectivity index (χ4v) is 10.0. The predicted molar refractivity (Wildman–Crippen MR) is 168 cm³/mol. The first-order valence-corrected chi connectivity index (χ1v) is 17.7.